The lowest BCUT2D eigenvalue weighted by atomic mass is 9.71. The first-order chi connectivity index (χ1) is 18.0. The molecule has 1 aliphatic carbocycles. The first kappa shape index (κ1) is 39.2. The van der Waals surface area contributed by atoms with Crippen LogP contribution in [-0.4, -0.2) is 82.7 Å². The van der Waals surface area contributed by atoms with Crippen LogP contribution in [0.25, 0.3) is 0 Å². The van der Waals surface area contributed by atoms with Crippen molar-refractivity contribution < 1.29 is 34.7 Å². The van der Waals surface area contributed by atoms with Crippen molar-refractivity contribution in [3.63, 3.8) is 0 Å². The van der Waals surface area contributed by atoms with Gasteiger partial charge in [-0.2, -0.15) is 0 Å². The van der Waals surface area contributed by atoms with Crippen LogP contribution >= 0.6 is 0 Å². The van der Waals surface area contributed by atoms with E-state index in [1.165, 1.54) is 6.42 Å². The van der Waals surface area contributed by atoms with Gasteiger partial charge in [-0.25, -0.2) is 0 Å². The molecular formula is C32H65NO7. The number of methoxy groups -OCH3 is 1. The average Bonchev–Trinajstić information content (AvgIpc) is 2.84. The molecule has 0 aromatic carbocycles. The molecule has 1 fully saturated rings. The van der Waals surface area contributed by atoms with Gasteiger partial charge in [0, 0.05) is 13.5 Å². The standard InChI is InChI=1S/C26H51NO7.C6H14/c1-10-11-19(29)27-16(20(30)23(33-9)26(7,8)15-24(2,3)4)14-34-18-13-25(5,6)12-17(28)21(31)22(18)32;1-5-6(2,3)4/h16-18,20-23,28,30-32H,10-15H2,1-9H3,(H,27,29);5H2,1-4H3. The Morgan fingerprint density at radius 2 is 1.48 bits per heavy atom. The fourth-order valence-electron chi connectivity index (χ4n) is 5.60. The molecule has 0 aliphatic heterocycles. The van der Waals surface area contributed by atoms with Crippen molar-refractivity contribution in [2.24, 2.45) is 21.7 Å². The summed E-state index contributed by atoms with van der Waals surface area (Å²) >= 11 is 0. The minimum atomic E-state index is -1.33. The summed E-state index contributed by atoms with van der Waals surface area (Å²) < 4.78 is 11.8. The number of hydrogen-bond acceptors (Lipinski definition) is 7. The molecule has 40 heavy (non-hydrogen) atoms. The third-order valence-corrected chi connectivity index (χ3v) is 7.75. The van der Waals surface area contributed by atoms with Crippen molar-refractivity contribution in [2.75, 3.05) is 13.7 Å². The topological polar surface area (TPSA) is 128 Å². The molecule has 1 saturated carbocycles. The molecule has 0 heterocycles. The fourth-order valence-corrected chi connectivity index (χ4v) is 5.60. The summed E-state index contributed by atoms with van der Waals surface area (Å²) in [6, 6.07) is -0.774. The zero-order chi connectivity index (χ0) is 31.7. The van der Waals surface area contributed by atoms with Crippen LogP contribution in [0, 0.1) is 21.7 Å². The summed E-state index contributed by atoms with van der Waals surface area (Å²) in [5, 5.41) is 45.5. The molecule has 0 bridgehead atoms. The highest BCUT2D eigenvalue weighted by molar-refractivity contribution is 5.76. The van der Waals surface area contributed by atoms with Crippen molar-refractivity contribution in [3.05, 3.63) is 0 Å². The molecule has 7 atom stereocenters. The molecule has 0 aromatic rings. The molecule has 5 N–H and O–H groups in total. The molecule has 8 nitrogen and oxygen atoms in total. The predicted molar refractivity (Wildman–Crippen MR) is 162 cm³/mol. The molecule has 1 amide bonds. The van der Waals surface area contributed by atoms with Crippen molar-refractivity contribution in [2.45, 2.75) is 164 Å². The first-order valence-corrected chi connectivity index (χ1v) is 15.2. The number of rotatable bonds is 11. The fraction of sp³-hybridized carbons (Fsp3) is 0.969. The van der Waals surface area contributed by atoms with Gasteiger partial charge in [0.2, 0.25) is 5.91 Å². The highest BCUT2D eigenvalue weighted by Gasteiger charge is 2.44. The number of amides is 1. The van der Waals surface area contributed by atoms with Gasteiger partial charge in [-0.15, -0.1) is 0 Å². The SMILES string of the molecule is CCC(C)(C)C.CCCC(=O)NC(COC1CC(C)(C)CC(O)C(O)C1O)C(O)C(OC)C(C)(C)CC(C)(C)C. The van der Waals surface area contributed by atoms with Gasteiger partial charge in [0.1, 0.15) is 18.3 Å². The Morgan fingerprint density at radius 3 is 1.90 bits per heavy atom. The van der Waals surface area contributed by atoms with Gasteiger partial charge in [-0.05, 0) is 47.3 Å². The second-order valence-corrected chi connectivity index (χ2v) is 15.7. The monoisotopic (exact) mass is 575 g/mol. The van der Waals surface area contributed by atoms with Gasteiger partial charge in [-0.3, -0.25) is 4.79 Å². The van der Waals surface area contributed by atoms with Crippen molar-refractivity contribution in [1.82, 2.24) is 5.32 Å². The van der Waals surface area contributed by atoms with E-state index in [4.69, 9.17) is 9.47 Å². The molecule has 8 heteroatoms. The Kier molecular flexibility index (Phi) is 15.9. The number of ether oxygens (including phenoxy) is 2. The van der Waals surface area contributed by atoms with Crippen LogP contribution in [-0.2, 0) is 14.3 Å². The lowest BCUT2D eigenvalue weighted by molar-refractivity contribution is -0.142. The number of carbonyl (C=O) groups excluding carboxylic acids is 1. The van der Waals surface area contributed by atoms with E-state index in [0.717, 1.165) is 6.42 Å². The van der Waals surface area contributed by atoms with Crippen LogP contribution in [0.1, 0.15) is 122 Å². The Morgan fingerprint density at radius 1 is 0.950 bits per heavy atom. The van der Waals surface area contributed by atoms with E-state index >= 15 is 0 Å². The van der Waals surface area contributed by atoms with E-state index in [-0.39, 0.29) is 23.3 Å². The minimum absolute atomic E-state index is 0.00443. The highest BCUT2D eigenvalue weighted by atomic mass is 16.5. The zero-order valence-electron chi connectivity index (χ0n) is 28.0. The Balaban J connectivity index is 0.00000227. The summed E-state index contributed by atoms with van der Waals surface area (Å²) in [5.74, 6) is -0.198. The van der Waals surface area contributed by atoms with Gasteiger partial charge < -0.3 is 35.2 Å². The summed E-state index contributed by atoms with van der Waals surface area (Å²) in [4.78, 5) is 12.5. The van der Waals surface area contributed by atoms with E-state index in [2.05, 4.69) is 53.8 Å². The Bertz CT molecular complexity index is 726. The average molecular weight is 576 g/mol. The van der Waals surface area contributed by atoms with Crippen LogP contribution in [0.5, 0.6) is 0 Å². The smallest absolute Gasteiger partial charge is 0.220 e. The predicted octanol–water partition coefficient (Wildman–Crippen LogP) is 4.84. The zero-order valence-corrected chi connectivity index (χ0v) is 28.0. The second-order valence-electron chi connectivity index (χ2n) is 15.7. The quantitative estimate of drug-likeness (QED) is 0.223. The van der Waals surface area contributed by atoms with E-state index < -0.39 is 48.1 Å². The Labute approximate surface area is 245 Å². The third kappa shape index (κ3) is 14.4. The number of aliphatic hydroxyl groups excluding tert-OH is 4. The molecule has 1 aliphatic rings. The van der Waals surface area contributed by atoms with Gasteiger partial charge in [-0.1, -0.05) is 89.5 Å². The Hall–Kier alpha value is -0.770. The van der Waals surface area contributed by atoms with Crippen molar-refractivity contribution in [3.8, 4) is 0 Å². The maximum atomic E-state index is 12.5. The van der Waals surface area contributed by atoms with Gasteiger partial charge in [0.25, 0.3) is 0 Å². The number of carbonyl (C=O) groups is 1. The maximum absolute atomic E-state index is 12.5. The molecule has 7 unspecified atom stereocenters. The largest absolute Gasteiger partial charge is 0.390 e. The lowest BCUT2D eigenvalue weighted by Crippen LogP contribution is -2.56. The van der Waals surface area contributed by atoms with Crippen molar-refractivity contribution in [1.29, 1.82) is 0 Å². The second kappa shape index (κ2) is 16.2. The van der Waals surface area contributed by atoms with Crippen LogP contribution < -0.4 is 5.32 Å². The van der Waals surface area contributed by atoms with E-state index in [1.807, 2.05) is 34.6 Å². The van der Waals surface area contributed by atoms with E-state index in [1.54, 1.807) is 7.11 Å². The molecule has 0 aromatic heterocycles. The highest BCUT2D eigenvalue weighted by Crippen LogP contribution is 2.39. The third-order valence-electron chi connectivity index (χ3n) is 7.75. The minimum Gasteiger partial charge on any atom is -0.390 e. The number of hydrogen-bond donors (Lipinski definition) is 5. The van der Waals surface area contributed by atoms with Crippen LogP contribution in [0.2, 0.25) is 0 Å². The summed E-state index contributed by atoms with van der Waals surface area (Å²) in [6.07, 6.45) is -2.29. The van der Waals surface area contributed by atoms with Gasteiger partial charge in [0.15, 0.2) is 0 Å². The lowest BCUT2D eigenvalue weighted by Gasteiger charge is -2.42. The summed E-state index contributed by atoms with van der Waals surface area (Å²) in [7, 11) is 1.55. The van der Waals surface area contributed by atoms with Crippen LogP contribution in [0.3, 0.4) is 0 Å². The van der Waals surface area contributed by atoms with E-state index in [9.17, 15) is 25.2 Å². The number of aliphatic hydroxyl groups is 4. The molecule has 0 radical (unpaired) electrons. The molecule has 0 saturated heterocycles. The van der Waals surface area contributed by atoms with Gasteiger partial charge in [0.05, 0.1) is 31.0 Å². The number of nitrogens with one attached hydrogen (secondary N) is 1. The molecule has 1 rings (SSSR count). The van der Waals surface area contributed by atoms with Crippen molar-refractivity contribution >= 4 is 5.91 Å². The maximum Gasteiger partial charge on any atom is 0.220 e. The summed E-state index contributed by atoms with van der Waals surface area (Å²) in [5.41, 5.74) is -0.222. The first-order valence-electron chi connectivity index (χ1n) is 15.2. The van der Waals surface area contributed by atoms with E-state index in [0.29, 0.717) is 31.1 Å². The summed E-state index contributed by atoms with van der Waals surface area (Å²) in [6.45, 7) is 25.1. The normalized spacial score (nSPS) is 26.1. The van der Waals surface area contributed by atoms with Crippen LogP contribution in [0.15, 0.2) is 0 Å². The molecule has 240 valence electrons. The van der Waals surface area contributed by atoms with Crippen LogP contribution in [0.4, 0.5) is 0 Å². The molecular weight excluding hydrogens is 510 g/mol. The van der Waals surface area contributed by atoms with Gasteiger partial charge >= 0.3 is 0 Å². The molecule has 0 spiro atoms.